The van der Waals surface area contributed by atoms with Crippen molar-refractivity contribution in [2.45, 2.75) is 46.2 Å². The Morgan fingerprint density at radius 2 is 1.25 bits per heavy atom. The Morgan fingerprint density at radius 1 is 0.800 bits per heavy atom. The summed E-state index contributed by atoms with van der Waals surface area (Å²) in [6, 6.07) is 4.78. The number of hydrogen-bond acceptors (Lipinski definition) is 2. The molecule has 0 atom stereocenters. The van der Waals surface area contributed by atoms with Gasteiger partial charge in [-0.3, -0.25) is 0 Å². The van der Waals surface area contributed by atoms with Crippen LogP contribution in [0.15, 0.2) is 16.6 Å². The third-order valence-electron chi connectivity index (χ3n) is 3.29. The molecule has 2 heterocycles. The van der Waals surface area contributed by atoms with E-state index in [9.17, 15) is 0 Å². The topological polar surface area (TPSA) is 0 Å². The molecule has 0 unspecified atom stereocenters. The second-order valence-electron chi connectivity index (χ2n) is 7.41. The SMILES string of the molecule is Cc1cc([Si](C)(C)C)sc1-c1sc([Si](C)(C)C)cc1Br. The van der Waals surface area contributed by atoms with Gasteiger partial charge >= 0.3 is 0 Å². The molecule has 2 rings (SSSR count). The molecule has 0 radical (unpaired) electrons. The number of thiophene rings is 2. The highest BCUT2D eigenvalue weighted by Gasteiger charge is 2.25. The predicted molar refractivity (Wildman–Crippen MR) is 106 cm³/mol. The average molecular weight is 404 g/mol. The van der Waals surface area contributed by atoms with E-state index >= 15 is 0 Å². The maximum atomic E-state index is 3.79. The molecule has 2 aromatic heterocycles. The maximum absolute atomic E-state index is 3.79. The third-order valence-corrected chi connectivity index (χ3v) is 13.9. The van der Waals surface area contributed by atoms with Crippen molar-refractivity contribution in [3.63, 3.8) is 0 Å². The molecule has 0 aromatic carbocycles. The van der Waals surface area contributed by atoms with Crippen molar-refractivity contribution >= 4 is 63.8 Å². The molecule has 0 N–H and O–H groups in total. The van der Waals surface area contributed by atoms with E-state index in [0.717, 1.165) is 0 Å². The van der Waals surface area contributed by atoms with E-state index in [1.54, 1.807) is 9.00 Å². The third kappa shape index (κ3) is 3.38. The van der Waals surface area contributed by atoms with Crippen molar-refractivity contribution in [2.75, 3.05) is 0 Å². The normalized spacial score (nSPS) is 13.0. The van der Waals surface area contributed by atoms with E-state index < -0.39 is 16.1 Å². The highest BCUT2D eigenvalue weighted by atomic mass is 79.9. The van der Waals surface area contributed by atoms with E-state index in [4.69, 9.17) is 0 Å². The summed E-state index contributed by atoms with van der Waals surface area (Å²) < 4.78 is 4.48. The first-order valence-electron chi connectivity index (χ1n) is 6.91. The zero-order valence-corrected chi connectivity index (χ0v) is 18.6. The van der Waals surface area contributed by atoms with Gasteiger partial charge in [-0.2, -0.15) is 0 Å². The summed E-state index contributed by atoms with van der Waals surface area (Å²) in [5.74, 6) is 0. The van der Waals surface area contributed by atoms with Gasteiger partial charge in [0, 0.05) is 9.35 Å². The maximum Gasteiger partial charge on any atom is 0.0904 e. The van der Waals surface area contributed by atoms with Crippen LogP contribution in [0.2, 0.25) is 39.3 Å². The second kappa shape index (κ2) is 5.50. The van der Waals surface area contributed by atoms with Crippen LogP contribution in [0.5, 0.6) is 0 Å². The van der Waals surface area contributed by atoms with E-state index in [1.165, 1.54) is 19.8 Å². The Kier molecular flexibility index (Phi) is 4.59. The lowest BCUT2D eigenvalue weighted by Gasteiger charge is -2.12. The Morgan fingerprint density at radius 3 is 1.65 bits per heavy atom. The molecule has 0 aliphatic carbocycles. The summed E-state index contributed by atoms with van der Waals surface area (Å²) in [6.45, 7) is 16.8. The van der Waals surface area contributed by atoms with Crippen molar-refractivity contribution < 1.29 is 0 Å². The minimum atomic E-state index is -1.22. The molecule has 0 bridgehead atoms. The Balaban J connectivity index is 2.53. The molecule has 0 saturated carbocycles. The highest BCUT2D eigenvalue weighted by Crippen LogP contribution is 2.38. The van der Waals surface area contributed by atoms with Gasteiger partial charge in [0.1, 0.15) is 0 Å². The van der Waals surface area contributed by atoms with Gasteiger partial charge < -0.3 is 0 Å². The molecule has 0 aliphatic heterocycles. The molecule has 0 fully saturated rings. The van der Waals surface area contributed by atoms with Crippen LogP contribution in [0.1, 0.15) is 5.56 Å². The fourth-order valence-electron chi connectivity index (χ4n) is 1.97. The molecule has 5 heteroatoms. The van der Waals surface area contributed by atoms with Crippen LogP contribution in [-0.4, -0.2) is 16.1 Å². The summed E-state index contributed by atoms with van der Waals surface area (Å²) in [6.07, 6.45) is 0. The summed E-state index contributed by atoms with van der Waals surface area (Å²) in [7, 11) is -2.43. The van der Waals surface area contributed by atoms with Crippen molar-refractivity contribution in [1.29, 1.82) is 0 Å². The lowest BCUT2D eigenvalue weighted by Crippen LogP contribution is -2.34. The van der Waals surface area contributed by atoms with Gasteiger partial charge in [-0.05, 0) is 49.6 Å². The number of hydrogen-bond donors (Lipinski definition) is 0. The van der Waals surface area contributed by atoms with E-state index in [-0.39, 0.29) is 0 Å². The lowest BCUT2D eigenvalue weighted by molar-refractivity contribution is 1.55. The first kappa shape index (κ1) is 16.7. The molecular weight excluding hydrogens is 380 g/mol. The van der Waals surface area contributed by atoms with E-state index in [1.807, 2.05) is 22.7 Å². The standard InChI is InChI=1S/C15H23BrS2Si2/c1-10-8-12(19(2,3)4)17-14(10)15-11(16)9-13(18-15)20(5,6)7/h8-9H,1-7H3. The molecule has 0 aliphatic rings. The van der Waals surface area contributed by atoms with E-state index in [2.05, 4.69) is 74.3 Å². The van der Waals surface area contributed by atoms with Crippen LogP contribution < -0.4 is 9.00 Å². The van der Waals surface area contributed by atoms with Crippen molar-refractivity contribution in [1.82, 2.24) is 0 Å². The zero-order valence-electron chi connectivity index (χ0n) is 13.3. The quantitative estimate of drug-likeness (QED) is 0.582. The fourth-order valence-corrected chi connectivity index (χ4v) is 9.36. The molecule has 2 aromatic rings. The van der Waals surface area contributed by atoms with Crippen molar-refractivity contribution in [3.8, 4) is 9.75 Å². The monoisotopic (exact) mass is 402 g/mol. The predicted octanol–water partition coefficient (Wildman–Crippen LogP) is 5.64. The van der Waals surface area contributed by atoms with Gasteiger partial charge in [-0.1, -0.05) is 39.3 Å². The largest absolute Gasteiger partial charge is 0.144 e. The molecule has 0 spiro atoms. The van der Waals surface area contributed by atoms with Gasteiger partial charge in [-0.25, -0.2) is 0 Å². The smallest absolute Gasteiger partial charge is 0.0904 e. The molecule has 0 saturated heterocycles. The first-order valence-corrected chi connectivity index (χ1v) is 16.3. The van der Waals surface area contributed by atoms with Gasteiger partial charge in [0.2, 0.25) is 0 Å². The first-order chi connectivity index (χ1) is 9.00. The average Bonchev–Trinajstić information content (AvgIpc) is 2.80. The van der Waals surface area contributed by atoms with Crippen LogP contribution in [0.25, 0.3) is 9.75 Å². The zero-order chi connectivity index (χ0) is 15.3. The van der Waals surface area contributed by atoms with Crippen LogP contribution in [0.3, 0.4) is 0 Å². The van der Waals surface area contributed by atoms with Crippen LogP contribution >= 0.6 is 38.6 Å². The molecule has 0 nitrogen and oxygen atoms in total. The Labute approximate surface area is 141 Å². The van der Waals surface area contributed by atoms with Crippen molar-refractivity contribution in [2.24, 2.45) is 0 Å². The van der Waals surface area contributed by atoms with Crippen LogP contribution in [-0.2, 0) is 0 Å². The molecule has 110 valence electrons. The van der Waals surface area contributed by atoms with Crippen LogP contribution in [0, 0.1) is 6.92 Å². The minimum Gasteiger partial charge on any atom is -0.144 e. The molecule has 0 amide bonds. The van der Waals surface area contributed by atoms with Gasteiger partial charge in [0.05, 0.1) is 21.0 Å². The lowest BCUT2D eigenvalue weighted by atomic mass is 10.2. The second-order valence-corrected chi connectivity index (χ2v) is 21.2. The number of rotatable bonds is 3. The Hall–Kier alpha value is 0.314. The van der Waals surface area contributed by atoms with Gasteiger partial charge in [-0.15, -0.1) is 22.7 Å². The molecule has 20 heavy (non-hydrogen) atoms. The van der Waals surface area contributed by atoms with Crippen LogP contribution in [0.4, 0.5) is 0 Å². The highest BCUT2D eigenvalue weighted by molar-refractivity contribution is 9.10. The van der Waals surface area contributed by atoms with Gasteiger partial charge in [0.25, 0.3) is 0 Å². The summed E-state index contributed by atoms with van der Waals surface area (Å²) in [5.41, 5.74) is 1.44. The molecular formula is C15H23BrS2Si2. The number of halogens is 1. The summed E-state index contributed by atoms with van der Waals surface area (Å²) >= 11 is 7.80. The fraction of sp³-hybridized carbons (Fsp3) is 0.467. The Bertz CT molecular complexity index is 571. The summed E-state index contributed by atoms with van der Waals surface area (Å²) in [4.78, 5) is 2.92. The van der Waals surface area contributed by atoms with Crippen molar-refractivity contribution in [3.05, 3.63) is 22.2 Å². The van der Waals surface area contributed by atoms with E-state index in [0.29, 0.717) is 0 Å². The number of aryl methyl sites for hydroxylation is 1. The van der Waals surface area contributed by atoms with Gasteiger partial charge in [0.15, 0.2) is 0 Å². The minimum absolute atomic E-state index is 1.21. The summed E-state index contributed by atoms with van der Waals surface area (Å²) in [5, 5.41) is 0.